The van der Waals surface area contributed by atoms with Gasteiger partial charge in [-0.25, -0.2) is 4.79 Å². The number of rotatable bonds is 2. The van der Waals surface area contributed by atoms with E-state index in [9.17, 15) is 9.90 Å². The van der Waals surface area contributed by atoms with Gasteiger partial charge < -0.3 is 14.7 Å². The SMILES string of the molecule is CC(C)(C)OC(=O)N1CCN(Cc2ccc(Cl)cc2O)CC1. The number of phenols is 1. The first-order valence-corrected chi connectivity index (χ1v) is 7.80. The Kier molecular flexibility index (Phi) is 5.19. The molecule has 5 nitrogen and oxygen atoms in total. The van der Waals surface area contributed by atoms with Gasteiger partial charge in [0.25, 0.3) is 0 Å². The van der Waals surface area contributed by atoms with Gasteiger partial charge in [0, 0.05) is 43.3 Å². The number of hydrogen-bond donors (Lipinski definition) is 1. The number of phenolic OH excluding ortho intramolecular Hbond substituents is 1. The number of aromatic hydroxyl groups is 1. The van der Waals surface area contributed by atoms with Crippen molar-refractivity contribution < 1.29 is 14.6 Å². The van der Waals surface area contributed by atoms with Crippen LogP contribution in [0.5, 0.6) is 5.75 Å². The molecule has 0 saturated carbocycles. The molecule has 0 aliphatic carbocycles. The minimum Gasteiger partial charge on any atom is -0.508 e. The third-order valence-corrected chi connectivity index (χ3v) is 3.70. The predicted molar refractivity (Wildman–Crippen MR) is 86.2 cm³/mol. The van der Waals surface area contributed by atoms with Crippen LogP contribution in [0, 0.1) is 0 Å². The molecule has 1 aliphatic rings. The molecule has 122 valence electrons. The molecule has 1 N–H and O–H groups in total. The number of carbonyl (C=O) groups excluding carboxylic acids is 1. The maximum absolute atomic E-state index is 12.0. The second-order valence-corrected chi connectivity index (χ2v) is 6.95. The third kappa shape index (κ3) is 4.78. The lowest BCUT2D eigenvalue weighted by molar-refractivity contribution is 0.0138. The van der Waals surface area contributed by atoms with Crippen LogP contribution in [0.15, 0.2) is 18.2 Å². The minimum atomic E-state index is -0.469. The second-order valence-electron chi connectivity index (χ2n) is 6.52. The zero-order valence-corrected chi connectivity index (χ0v) is 14.1. The van der Waals surface area contributed by atoms with Crippen molar-refractivity contribution in [3.63, 3.8) is 0 Å². The van der Waals surface area contributed by atoms with Crippen molar-refractivity contribution in [3.05, 3.63) is 28.8 Å². The van der Waals surface area contributed by atoms with Gasteiger partial charge >= 0.3 is 6.09 Å². The van der Waals surface area contributed by atoms with E-state index in [1.807, 2.05) is 26.8 Å². The maximum Gasteiger partial charge on any atom is 0.410 e. The van der Waals surface area contributed by atoms with Gasteiger partial charge in [-0.05, 0) is 32.9 Å². The lowest BCUT2D eigenvalue weighted by Gasteiger charge is -2.35. The highest BCUT2D eigenvalue weighted by Crippen LogP contribution is 2.23. The van der Waals surface area contributed by atoms with Crippen molar-refractivity contribution in [2.45, 2.75) is 32.9 Å². The Morgan fingerprint density at radius 3 is 2.45 bits per heavy atom. The van der Waals surface area contributed by atoms with E-state index in [2.05, 4.69) is 4.90 Å². The summed E-state index contributed by atoms with van der Waals surface area (Å²) in [5.74, 6) is 0.210. The summed E-state index contributed by atoms with van der Waals surface area (Å²) in [5, 5.41) is 10.4. The number of ether oxygens (including phenoxy) is 1. The fourth-order valence-electron chi connectivity index (χ4n) is 2.33. The van der Waals surface area contributed by atoms with Gasteiger partial charge in [0.15, 0.2) is 0 Å². The van der Waals surface area contributed by atoms with E-state index < -0.39 is 5.60 Å². The first-order chi connectivity index (χ1) is 10.2. The van der Waals surface area contributed by atoms with Crippen LogP contribution in [-0.2, 0) is 11.3 Å². The molecular formula is C16H23ClN2O3. The van der Waals surface area contributed by atoms with Crippen molar-refractivity contribution in [2.24, 2.45) is 0 Å². The quantitative estimate of drug-likeness (QED) is 0.907. The van der Waals surface area contributed by atoms with Gasteiger partial charge in [0.2, 0.25) is 0 Å². The topological polar surface area (TPSA) is 53.0 Å². The predicted octanol–water partition coefficient (Wildman–Crippen LogP) is 3.10. The zero-order valence-electron chi connectivity index (χ0n) is 13.3. The van der Waals surface area contributed by atoms with E-state index in [4.69, 9.17) is 16.3 Å². The largest absolute Gasteiger partial charge is 0.508 e. The highest BCUT2D eigenvalue weighted by molar-refractivity contribution is 6.30. The van der Waals surface area contributed by atoms with E-state index in [1.54, 1.807) is 17.0 Å². The summed E-state index contributed by atoms with van der Waals surface area (Å²) >= 11 is 5.83. The highest BCUT2D eigenvalue weighted by Gasteiger charge is 2.26. The number of amides is 1. The molecule has 0 aromatic heterocycles. The van der Waals surface area contributed by atoms with Gasteiger partial charge in [-0.3, -0.25) is 4.90 Å². The van der Waals surface area contributed by atoms with Gasteiger partial charge in [-0.2, -0.15) is 0 Å². The molecule has 1 fully saturated rings. The molecule has 1 saturated heterocycles. The van der Waals surface area contributed by atoms with Gasteiger partial charge in [-0.15, -0.1) is 0 Å². The standard InChI is InChI=1S/C16H23ClN2O3/c1-16(2,3)22-15(21)19-8-6-18(7-9-19)11-12-4-5-13(17)10-14(12)20/h4-5,10,20H,6-9,11H2,1-3H3. The molecule has 1 aromatic carbocycles. The monoisotopic (exact) mass is 326 g/mol. The molecule has 1 aromatic rings. The molecule has 0 radical (unpaired) electrons. The number of halogens is 1. The van der Waals surface area contributed by atoms with Crippen molar-refractivity contribution in [1.29, 1.82) is 0 Å². The molecule has 0 unspecified atom stereocenters. The summed E-state index contributed by atoms with van der Waals surface area (Å²) < 4.78 is 5.38. The molecule has 1 aliphatic heterocycles. The number of benzene rings is 1. The summed E-state index contributed by atoms with van der Waals surface area (Å²) in [6.07, 6.45) is -0.263. The summed E-state index contributed by atoms with van der Waals surface area (Å²) in [6.45, 7) is 9.00. The number of piperazine rings is 1. The summed E-state index contributed by atoms with van der Waals surface area (Å²) in [6, 6.07) is 5.15. The normalized spacial score (nSPS) is 16.6. The first-order valence-electron chi connectivity index (χ1n) is 7.42. The average molecular weight is 327 g/mol. The van der Waals surface area contributed by atoms with Crippen LogP contribution in [0.25, 0.3) is 0 Å². The lowest BCUT2D eigenvalue weighted by Crippen LogP contribution is -2.49. The third-order valence-electron chi connectivity index (χ3n) is 3.47. The molecule has 1 amide bonds. The fourth-order valence-corrected chi connectivity index (χ4v) is 2.49. The molecule has 0 bridgehead atoms. The van der Waals surface area contributed by atoms with Gasteiger partial charge in [0.05, 0.1) is 0 Å². The summed E-state index contributed by atoms with van der Waals surface area (Å²) in [4.78, 5) is 15.9. The highest BCUT2D eigenvalue weighted by atomic mass is 35.5. The van der Waals surface area contributed by atoms with Crippen LogP contribution >= 0.6 is 11.6 Å². The number of carbonyl (C=O) groups is 1. The molecule has 6 heteroatoms. The molecule has 22 heavy (non-hydrogen) atoms. The maximum atomic E-state index is 12.0. The van der Waals surface area contributed by atoms with Crippen LogP contribution in [-0.4, -0.2) is 52.8 Å². The number of hydrogen-bond acceptors (Lipinski definition) is 4. The van der Waals surface area contributed by atoms with Crippen LogP contribution in [0.1, 0.15) is 26.3 Å². The van der Waals surface area contributed by atoms with Gasteiger partial charge in [0.1, 0.15) is 11.4 Å². The molecular weight excluding hydrogens is 304 g/mol. The smallest absolute Gasteiger partial charge is 0.410 e. The van der Waals surface area contributed by atoms with Crippen LogP contribution in [0.3, 0.4) is 0 Å². The summed E-state index contributed by atoms with van der Waals surface area (Å²) in [7, 11) is 0. The van der Waals surface area contributed by atoms with Crippen LogP contribution in [0.4, 0.5) is 4.79 Å². The summed E-state index contributed by atoms with van der Waals surface area (Å²) in [5.41, 5.74) is 0.374. The average Bonchev–Trinajstić information content (AvgIpc) is 2.41. The molecule has 0 spiro atoms. The Labute approximate surface area is 136 Å². The fraction of sp³-hybridized carbons (Fsp3) is 0.562. The Bertz CT molecular complexity index is 535. The van der Waals surface area contributed by atoms with Crippen LogP contribution in [0.2, 0.25) is 5.02 Å². The lowest BCUT2D eigenvalue weighted by atomic mass is 10.1. The Morgan fingerprint density at radius 1 is 1.27 bits per heavy atom. The van der Waals surface area contributed by atoms with E-state index in [0.29, 0.717) is 24.7 Å². The molecule has 1 heterocycles. The van der Waals surface area contributed by atoms with E-state index in [1.165, 1.54) is 0 Å². The minimum absolute atomic E-state index is 0.210. The Balaban J connectivity index is 1.86. The van der Waals surface area contributed by atoms with Crippen molar-refractivity contribution in [2.75, 3.05) is 26.2 Å². The van der Waals surface area contributed by atoms with Crippen molar-refractivity contribution in [3.8, 4) is 5.75 Å². The van der Waals surface area contributed by atoms with Gasteiger partial charge in [-0.1, -0.05) is 17.7 Å². The Hall–Kier alpha value is -1.46. The second kappa shape index (κ2) is 6.75. The Morgan fingerprint density at radius 2 is 1.91 bits per heavy atom. The first kappa shape index (κ1) is 16.9. The number of nitrogens with zero attached hydrogens (tertiary/aromatic N) is 2. The molecule has 0 atom stereocenters. The van der Waals surface area contributed by atoms with E-state index in [0.717, 1.165) is 18.7 Å². The zero-order chi connectivity index (χ0) is 16.3. The van der Waals surface area contributed by atoms with Crippen LogP contribution < -0.4 is 0 Å². The van der Waals surface area contributed by atoms with E-state index in [-0.39, 0.29) is 11.8 Å². The molecule has 2 rings (SSSR count). The van der Waals surface area contributed by atoms with Crippen molar-refractivity contribution in [1.82, 2.24) is 9.80 Å². The van der Waals surface area contributed by atoms with Crippen molar-refractivity contribution >= 4 is 17.7 Å². The van der Waals surface area contributed by atoms with E-state index >= 15 is 0 Å².